The van der Waals surface area contributed by atoms with Gasteiger partial charge in [0.05, 0.1) is 6.04 Å². The molecule has 182 valence electrons. The molecule has 1 aliphatic rings. The number of aromatic hydroxyl groups is 1. The number of nitrogens with one attached hydrogen (secondary N) is 1. The molecule has 2 heterocycles. The second-order valence-corrected chi connectivity index (χ2v) is 8.97. The summed E-state index contributed by atoms with van der Waals surface area (Å²) in [5, 5.41) is 18.3. The SMILES string of the molecule is C=CCOc1cccc(C2c3c(-c4cc(C)cc(C)c4O)n[nH]c3C(=O)N2Cc2ccc(F)cc2)c1. The fraction of sp³-hybridized carbons (Fsp3) is 0.172. The molecule has 0 aliphatic carbocycles. The van der Waals surface area contributed by atoms with E-state index in [1.54, 1.807) is 23.1 Å². The molecule has 36 heavy (non-hydrogen) atoms. The smallest absolute Gasteiger partial charge is 0.273 e. The number of phenols is 1. The number of carbonyl (C=O) groups is 1. The van der Waals surface area contributed by atoms with Crippen molar-refractivity contribution in [3.8, 4) is 22.8 Å². The normalized spacial score (nSPS) is 14.7. The number of aromatic amines is 1. The number of hydrogen-bond acceptors (Lipinski definition) is 4. The average Bonchev–Trinajstić information content (AvgIpc) is 3.40. The summed E-state index contributed by atoms with van der Waals surface area (Å²) < 4.78 is 19.3. The molecule has 4 aromatic rings. The van der Waals surface area contributed by atoms with Crippen LogP contribution < -0.4 is 4.74 Å². The number of phenolic OH excluding ortho intramolecular Hbond substituents is 1. The summed E-state index contributed by atoms with van der Waals surface area (Å²) >= 11 is 0. The molecule has 5 rings (SSSR count). The first-order valence-corrected chi connectivity index (χ1v) is 11.6. The van der Waals surface area contributed by atoms with Crippen LogP contribution >= 0.6 is 0 Å². The van der Waals surface area contributed by atoms with Crippen molar-refractivity contribution in [2.45, 2.75) is 26.4 Å². The van der Waals surface area contributed by atoms with Crippen LogP contribution in [0.2, 0.25) is 0 Å². The number of hydrogen-bond donors (Lipinski definition) is 2. The lowest BCUT2D eigenvalue weighted by molar-refractivity contribution is 0.0730. The molecule has 1 aromatic heterocycles. The van der Waals surface area contributed by atoms with Gasteiger partial charge < -0.3 is 14.7 Å². The Hall–Kier alpha value is -4.39. The van der Waals surface area contributed by atoms with Gasteiger partial charge >= 0.3 is 0 Å². The Labute approximate surface area is 208 Å². The number of carbonyl (C=O) groups excluding carboxylic acids is 1. The van der Waals surface area contributed by atoms with Crippen LogP contribution in [0, 0.1) is 19.7 Å². The van der Waals surface area contributed by atoms with Gasteiger partial charge in [0.2, 0.25) is 0 Å². The highest BCUT2D eigenvalue weighted by Gasteiger charge is 2.42. The monoisotopic (exact) mass is 483 g/mol. The van der Waals surface area contributed by atoms with Crippen LogP contribution in [0.3, 0.4) is 0 Å². The zero-order valence-electron chi connectivity index (χ0n) is 20.1. The second-order valence-electron chi connectivity index (χ2n) is 8.97. The number of aryl methyl sites for hydroxylation is 2. The van der Waals surface area contributed by atoms with Crippen molar-refractivity contribution in [3.05, 3.63) is 113 Å². The zero-order valence-corrected chi connectivity index (χ0v) is 20.1. The Balaban J connectivity index is 1.66. The Morgan fingerprint density at radius 1 is 1.17 bits per heavy atom. The Kier molecular flexibility index (Phi) is 6.06. The average molecular weight is 484 g/mol. The van der Waals surface area contributed by atoms with Crippen LogP contribution in [-0.4, -0.2) is 32.7 Å². The highest BCUT2D eigenvalue weighted by molar-refractivity contribution is 6.00. The minimum atomic E-state index is -0.501. The van der Waals surface area contributed by atoms with Crippen molar-refractivity contribution in [1.29, 1.82) is 0 Å². The molecule has 1 unspecified atom stereocenters. The molecule has 1 aliphatic heterocycles. The molecule has 0 saturated carbocycles. The van der Waals surface area contributed by atoms with E-state index in [-0.39, 0.29) is 24.0 Å². The second kappa shape index (κ2) is 9.34. The number of nitrogens with zero attached hydrogens (tertiary/aromatic N) is 2. The third kappa shape index (κ3) is 4.13. The molecule has 0 saturated heterocycles. The van der Waals surface area contributed by atoms with E-state index in [4.69, 9.17) is 4.74 Å². The van der Waals surface area contributed by atoms with Crippen molar-refractivity contribution < 1.29 is 19.0 Å². The molecule has 0 fully saturated rings. The van der Waals surface area contributed by atoms with Crippen molar-refractivity contribution in [1.82, 2.24) is 15.1 Å². The summed E-state index contributed by atoms with van der Waals surface area (Å²) in [6.07, 6.45) is 1.67. The summed E-state index contributed by atoms with van der Waals surface area (Å²) in [5.41, 5.74) is 5.46. The van der Waals surface area contributed by atoms with E-state index in [1.165, 1.54) is 12.1 Å². The summed E-state index contributed by atoms with van der Waals surface area (Å²) in [6, 6.07) is 16.9. The van der Waals surface area contributed by atoms with Gasteiger partial charge in [0.25, 0.3) is 5.91 Å². The Morgan fingerprint density at radius 3 is 2.69 bits per heavy atom. The van der Waals surface area contributed by atoms with Gasteiger partial charge in [-0.2, -0.15) is 5.10 Å². The molecule has 3 aromatic carbocycles. The van der Waals surface area contributed by atoms with Crippen molar-refractivity contribution in [3.63, 3.8) is 0 Å². The molecule has 1 amide bonds. The van der Waals surface area contributed by atoms with Gasteiger partial charge in [-0.25, -0.2) is 4.39 Å². The first-order valence-electron chi connectivity index (χ1n) is 11.6. The van der Waals surface area contributed by atoms with Crippen molar-refractivity contribution in [2.75, 3.05) is 6.61 Å². The fourth-order valence-corrected chi connectivity index (χ4v) is 4.77. The van der Waals surface area contributed by atoms with Gasteiger partial charge in [-0.1, -0.05) is 43.0 Å². The number of fused-ring (bicyclic) bond motifs is 1. The summed E-state index contributed by atoms with van der Waals surface area (Å²) in [4.78, 5) is 15.4. The number of ether oxygens (including phenoxy) is 1. The number of rotatable bonds is 7. The van der Waals surface area contributed by atoms with Crippen LogP contribution in [-0.2, 0) is 6.54 Å². The quantitative estimate of drug-likeness (QED) is 0.323. The molecule has 0 bridgehead atoms. The lowest BCUT2D eigenvalue weighted by Crippen LogP contribution is -2.29. The molecular formula is C29H26FN3O3. The van der Waals surface area contributed by atoms with Gasteiger partial charge in [-0.3, -0.25) is 9.89 Å². The molecule has 2 N–H and O–H groups in total. The van der Waals surface area contributed by atoms with Crippen LogP contribution in [0.25, 0.3) is 11.3 Å². The Morgan fingerprint density at radius 2 is 1.94 bits per heavy atom. The van der Waals surface area contributed by atoms with Crippen LogP contribution in [0.4, 0.5) is 4.39 Å². The summed E-state index contributed by atoms with van der Waals surface area (Å²) in [5.74, 6) is 0.215. The maximum atomic E-state index is 13.6. The highest BCUT2D eigenvalue weighted by atomic mass is 19.1. The number of halogens is 1. The first kappa shape index (κ1) is 23.4. The van der Waals surface area contributed by atoms with E-state index in [0.29, 0.717) is 34.9 Å². The molecule has 6 nitrogen and oxygen atoms in total. The van der Waals surface area contributed by atoms with Crippen LogP contribution in [0.15, 0.2) is 73.3 Å². The number of aromatic nitrogens is 2. The van der Waals surface area contributed by atoms with Crippen LogP contribution in [0.5, 0.6) is 11.5 Å². The van der Waals surface area contributed by atoms with E-state index >= 15 is 0 Å². The number of benzene rings is 3. The van der Waals surface area contributed by atoms with Gasteiger partial charge in [0.15, 0.2) is 0 Å². The molecule has 1 atom stereocenters. The zero-order chi connectivity index (χ0) is 25.4. The lowest BCUT2D eigenvalue weighted by Gasteiger charge is -2.27. The lowest BCUT2D eigenvalue weighted by atomic mass is 9.94. The molecule has 7 heteroatoms. The van der Waals surface area contributed by atoms with E-state index in [9.17, 15) is 14.3 Å². The third-order valence-electron chi connectivity index (χ3n) is 6.37. The highest BCUT2D eigenvalue weighted by Crippen LogP contribution is 2.46. The fourth-order valence-electron chi connectivity index (χ4n) is 4.77. The maximum absolute atomic E-state index is 13.6. The van der Waals surface area contributed by atoms with Crippen molar-refractivity contribution in [2.24, 2.45) is 0 Å². The van der Waals surface area contributed by atoms with Crippen molar-refractivity contribution >= 4 is 5.91 Å². The summed E-state index contributed by atoms with van der Waals surface area (Å²) in [6.45, 7) is 8.11. The van der Waals surface area contributed by atoms with Gasteiger partial charge in [0, 0.05) is 17.7 Å². The standard InChI is InChI=1S/C29H26FN3O3/c1-4-12-36-22-7-5-6-20(15-22)27-24-25(23-14-17(2)13-18(3)28(23)34)31-32-26(24)29(35)33(27)16-19-8-10-21(30)11-9-19/h4-11,13-15,27,34H,1,12,16H2,2-3H3,(H,31,32). The minimum Gasteiger partial charge on any atom is -0.507 e. The minimum absolute atomic E-state index is 0.126. The summed E-state index contributed by atoms with van der Waals surface area (Å²) in [7, 11) is 0. The van der Waals surface area contributed by atoms with E-state index in [1.807, 2.05) is 50.2 Å². The largest absolute Gasteiger partial charge is 0.507 e. The number of amides is 1. The molecule has 0 radical (unpaired) electrons. The number of H-pyrrole nitrogens is 1. The van der Waals surface area contributed by atoms with Gasteiger partial charge in [-0.15, -0.1) is 0 Å². The first-order chi connectivity index (χ1) is 17.4. The van der Waals surface area contributed by atoms with Gasteiger partial charge in [-0.05, 0) is 66.4 Å². The molecular weight excluding hydrogens is 457 g/mol. The van der Waals surface area contributed by atoms with Crippen LogP contribution in [0.1, 0.15) is 44.3 Å². The van der Waals surface area contributed by atoms with E-state index in [2.05, 4.69) is 16.8 Å². The molecule has 0 spiro atoms. The van der Waals surface area contributed by atoms with Gasteiger partial charge in [0.1, 0.15) is 35.3 Å². The van der Waals surface area contributed by atoms with E-state index in [0.717, 1.165) is 22.3 Å². The topological polar surface area (TPSA) is 78.5 Å². The Bertz CT molecular complexity index is 1460. The maximum Gasteiger partial charge on any atom is 0.273 e. The third-order valence-corrected chi connectivity index (χ3v) is 6.37. The predicted molar refractivity (Wildman–Crippen MR) is 135 cm³/mol. The van der Waals surface area contributed by atoms with E-state index < -0.39 is 6.04 Å². The predicted octanol–water partition coefficient (Wildman–Crippen LogP) is 5.85.